The predicted octanol–water partition coefficient (Wildman–Crippen LogP) is 4.52. The van der Waals surface area contributed by atoms with Crippen LogP contribution < -0.4 is 14.5 Å². The van der Waals surface area contributed by atoms with E-state index in [4.69, 9.17) is 31.0 Å². The van der Waals surface area contributed by atoms with Crippen LogP contribution in [0.5, 0.6) is 6.01 Å². The third-order valence-electron chi connectivity index (χ3n) is 9.88. The number of ether oxygens (including phenoxy) is 2. The van der Waals surface area contributed by atoms with Gasteiger partial charge in [-0.3, -0.25) is 4.90 Å². The van der Waals surface area contributed by atoms with Crippen molar-refractivity contribution in [3.05, 3.63) is 52.7 Å². The van der Waals surface area contributed by atoms with Crippen molar-refractivity contribution in [1.82, 2.24) is 19.8 Å². The zero-order chi connectivity index (χ0) is 29.7. The Morgan fingerprint density at radius 3 is 2.70 bits per heavy atom. The number of halogens is 1. The lowest BCUT2D eigenvalue weighted by Crippen LogP contribution is -2.57. The molecule has 0 spiro atoms. The van der Waals surface area contributed by atoms with Crippen LogP contribution in [0, 0.1) is 5.92 Å². The molecule has 11 heteroatoms. The summed E-state index contributed by atoms with van der Waals surface area (Å²) >= 11 is 6.71. The maximum atomic E-state index is 12.2. The Hall–Kier alpha value is -3.34. The van der Waals surface area contributed by atoms with Crippen LogP contribution in [0.3, 0.4) is 0 Å². The van der Waals surface area contributed by atoms with Crippen LogP contribution in [0.2, 0.25) is 5.02 Å². The number of amides is 1. The summed E-state index contributed by atoms with van der Waals surface area (Å²) in [5, 5.41) is 12.9. The maximum absolute atomic E-state index is 12.2. The summed E-state index contributed by atoms with van der Waals surface area (Å²) in [5.41, 5.74) is 3.18. The van der Waals surface area contributed by atoms with Gasteiger partial charge in [0.25, 0.3) is 0 Å². The van der Waals surface area contributed by atoms with Crippen LogP contribution in [-0.2, 0) is 17.7 Å². The number of hydrogen-bond acceptors (Lipinski definition) is 8. The van der Waals surface area contributed by atoms with Crippen LogP contribution in [0.25, 0.3) is 10.8 Å². The van der Waals surface area contributed by atoms with Crippen molar-refractivity contribution in [1.29, 1.82) is 0 Å². The third kappa shape index (κ3) is 5.23. The first-order valence-corrected chi connectivity index (χ1v) is 15.7. The van der Waals surface area contributed by atoms with E-state index in [0.717, 1.165) is 70.9 Å². The Labute approximate surface area is 257 Å². The van der Waals surface area contributed by atoms with E-state index < -0.39 is 6.09 Å². The number of fused-ring (bicyclic) bond motifs is 4. The van der Waals surface area contributed by atoms with Crippen molar-refractivity contribution >= 4 is 40.0 Å². The molecule has 2 bridgehead atoms. The summed E-state index contributed by atoms with van der Waals surface area (Å²) < 4.78 is 11.8. The molecule has 1 N–H and O–H groups in total. The van der Waals surface area contributed by atoms with Gasteiger partial charge < -0.3 is 29.3 Å². The molecule has 3 fully saturated rings. The van der Waals surface area contributed by atoms with Crippen molar-refractivity contribution < 1.29 is 19.4 Å². The molecule has 0 radical (unpaired) electrons. The Balaban J connectivity index is 1.23. The quantitative estimate of drug-likeness (QED) is 0.416. The summed E-state index contributed by atoms with van der Waals surface area (Å²) in [5.74, 6) is 1.04. The van der Waals surface area contributed by atoms with Crippen molar-refractivity contribution in [3.63, 3.8) is 0 Å². The zero-order valence-electron chi connectivity index (χ0n) is 24.8. The number of carboxylic acid groups (broad SMARTS) is 1. The van der Waals surface area contributed by atoms with E-state index in [0.29, 0.717) is 44.9 Å². The molecule has 5 heterocycles. The predicted molar refractivity (Wildman–Crippen MR) is 167 cm³/mol. The molecule has 1 amide bonds. The molecule has 1 aromatic heterocycles. The van der Waals surface area contributed by atoms with E-state index in [2.05, 4.69) is 46.0 Å². The second kappa shape index (κ2) is 11.6. The Bertz CT molecular complexity index is 1520. The maximum Gasteiger partial charge on any atom is 0.407 e. The minimum Gasteiger partial charge on any atom is -0.465 e. The summed E-state index contributed by atoms with van der Waals surface area (Å²) in [6, 6.07) is 12.8. The molecule has 228 valence electrons. The molecule has 2 aromatic carbocycles. The Kier molecular flexibility index (Phi) is 7.69. The number of nitrogens with zero attached hydrogens (tertiary/aromatic N) is 6. The van der Waals surface area contributed by atoms with Crippen molar-refractivity contribution in [3.8, 4) is 6.01 Å². The number of aromatic nitrogens is 2. The normalized spacial score (nSPS) is 25.4. The second-order valence-corrected chi connectivity index (χ2v) is 12.8. The fourth-order valence-electron chi connectivity index (χ4n) is 7.76. The van der Waals surface area contributed by atoms with Gasteiger partial charge in [0, 0.05) is 55.3 Å². The number of likely N-dealkylation sites (N-methyl/N-ethyl adjacent to an activating group) is 1. The van der Waals surface area contributed by atoms with Crippen molar-refractivity contribution in [2.75, 3.05) is 63.4 Å². The first-order valence-electron chi connectivity index (χ1n) is 15.3. The van der Waals surface area contributed by atoms with Gasteiger partial charge in [-0.15, -0.1) is 0 Å². The van der Waals surface area contributed by atoms with Crippen molar-refractivity contribution in [2.45, 2.75) is 50.4 Å². The van der Waals surface area contributed by atoms with Crippen LogP contribution >= 0.6 is 11.6 Å². The van der Waals surface area contributed by atoms with Gasteiger partial charge in [0.05, 0.1) is 36.0 Å². The average Bonchev–Trinajstić information content (AvgIpc) is 3.52. The van der Waals surface area contributed by atoms with Gasteiger partial charge in [-0.2, -0.15) is 9.97 Å². The molecule has 43 heavy (non-hydrogen) atoms. The lowest BCUT2D eigenvalue weighted by atomic mass is 10.0. The standard InChI is InChI=1S/C32H39ClN6O4/c1-36-12-5-8-22(36)19-43-31-34-26-16-37(27-10-4-7-20-6-3-9-25(33)29(20)27)13-11-24(26)30(35-31)38-15-23-14-21(18-42-2)28(17-38)39(23)32(40)41/h3-4,6-7,9-10,21-23,28H,5,8,11-19H2,1-2H3,(H,40,41)/t21?,22?,23-,28-/m1/s1. The molecule has 4 aliphatic rings. The number of anilines is 2. The smallest absolute Gasteiger partial charge is 0.407 e. The van der Waals surface area contributed by atoms with E-state index in [1.807, 2.05) is 12.1 Å². The molecule has 2 unspecified atom stereocenters. The highest BCUT2D eigenvalue weighted by Crippen LogP contribution is 2.40. The highest BCUT2D eigenvalue weighted by molar-refractivity contribution is 6.36. The SMILES string of the molecule is COCC1C[C@@H]2CN(c3nc(OCC4CCCN4C)nc4c3CCN(c3cccc5cccc(Cl)c35)C4)C[C@H]1N2C(=O)O. The second-order valence-electron chi connectivity index (χ2n) is 12.4. The number of rotatable bonds is 7. The average molecular weight is 607 g/mol. The first kappa shape index (κ1) is 28.4. The van der Waals surface area contributed by atoms with Crippen LogP contribution in [0.4, 0.5) is 16.3 Å². The molecule has 7 rings (SSSR count). The van der Waals surface area contributed by atoms with Gasteiger partial charge in [-0.1, -0.05) is 35.9 Å². The fraction of sp³-hybridized carbons (Fsp3) is 0.531. The van der Waals surface area contributed by atoms with E-state index in [1.165, 1.54) is 6.42 Å². The van der Waals surface area contributed by atoms with Gasteiger partial charge in [-0.25, -0.2) is 4.79 Å². The van der Waals surface area contributed by atoms with Gasteiger partial charge in [-0.05, 0) is 56.8 Å². The molecule has 3 aromatic rings. The van der Waals surface area contributed by atoms with E-state index in [9.17, 15) is 9.90 Å². The minimum atomic E-state index is -0.855. The first-order chi connectivity index (χ1) is 20.9. The molecule has 0 aliphatic carbocycles. The summed E-state index contributed by atoms with van der Waals surface area (Å²) in [6.45, 7) is 4.76. The largest absolute Gasteiger partial charge is 0.465 e. The van der Waals surface area contributed by atoms with Crippen molar-refractivity contribution in [2.24, 2.45) is 5.92 Å². The van der Waals surface area contributed by atoms with Gasteiger partial charge >= 0.3 is 12.1 Å². The monoisotopic (exact) mass is 606 g/mol. The highest BCUT2D eigenvalue weighted by Gasteiger charge is 2.49. The highest BCUT2D eigenvalue weighted by atomic mass is 35.5. The number of piperazine rings is 1. The topological polar surface area (TPSA) is 94.5 Å². The third-order valence-corrected chi connectivity index (χ3v) is 10.2. The number of likely N-dealkylation sites (tertiary alicyclic amines) is 1. The minimum absolute atomic E-state index is 0.101. The van der Waals surface area contributed by atoms with E-state index in [-0.39, 0.29) is 18.0 Å². The lowest BCUT2D eigenvalue weighted by molar-refractivity contribution is 0.0946. The number of carbonyl (C=O) groups is 1. The van der Waals surface area contributed by atoms with Crippen LogP contribution in [-0.4, -0.2) is 103 Å². The molecule has 10 nitrogen and oxygen atoms in total. The van der Waals surface area contributed by atoms with Crippen LogP contribution in [0.15, 0.2) is 36.4 Å². The fourth-order valence-corrected chi connectivity index (χ4v) is 8.04. The number of methoxy groups -OCH3 is 1. The zero-order valence-corrected chi connectivity index (χ0v) is 25.5. The van der Waals surface area contributed by atoms with Gasteiger partial charge in [0.2, 0.25) is 0 Å². The summed E-state index contributed by atoms with van der Waals surface area (Å²) in [6.07, 6.45) is 2.98. The molecular formula is C32H39ClN6O4. The van der Waals surface area contributed by atoms with E-state index >= 15 is 0 Å². The van der Waals surface area contributed by atoms with Gasteiger partial charge in [0.1, 0.15) is 12.4 Å². The van der Waals surface area contributed by atoms with E-state index in [1.54, 1.807) is 12.0 Å². The number of hydrogen-bond donors (Lipinski definition) is 1. The molecule has 4 atom stereocenters. The number of benzene rings is 2. The Morgan fingerprint density at radius 1 is 1.09 bits per heavy atom. The molecule has 3 saturated heterocycles. The molecular weight excluding hydrogens is 568 g/mol. The Morgan fingerprint density at radius 2 is 1.93 bits per heavy atom. The summed E-state index contributed by atoms with van der Waals surface area (Å²) in [7, 11) is 3.83. The molecule has 0 saturated carbocycles. The lowest BCUT2D eigenvalue weighted by Gasteiger charge is -2.42. The summed E-state index contributed by atoms with van der Waals surface area (Å²) in [4.78, 5) is 30.9. The van der Waals surface area contributed by atoms with Crippen LogP contribution in [0.1, 0.15) is 30.5 Å². The molecule has 4 aliphatic heterocycles. The van der Waals surface area contributed by atoms with Gasteiger partial charge in [0.15, 0.2) is 0 Å².